The molecule has 2 aliphatic rings. The van der Waals surface area contributed by atoms with E-state index in [-0.39, 0.29) is 28.6 Å². The van der Waals surface area contributed by atoms with E-state index < -0.39 is 0 Å². The molecule has 0 aromatic heterocycles. The first-order valence-electron chi connectivity index (χ1n) is 11.1. The molecule has 2 fully saturated rings. The van der Waals surface area contributed by atoms with Gasteiger partial charge in [0.2, 0.25) is 0 Å². The van der Waals surface area contributed by atoms with Crippen LogP contribution in [-0.4, -0.2) is 23.1 Å². The van der Waals surface area contributed by atoms with Crippen LogP contribution in [0.1, 0.15) is 92.9 Å². The molecule has 0 radical (unpaired) electrons. The normalized spacial score (nSPS) is 32.9. The van der Waals surface area contributed by atoms with Gasteiger partial charge in [0.05, 0.1) is 0 Å². The third-order valence-electron chi connectivity index (χ3n) is 7.57. The second-order valence-electron chi connectivity index (χ2n) is 10.6. The van der Waals surface area contributed by atoms with Gasteiger partial charge in [0.1, 0.15) is 11.2 Å². The summed E-state index contributed by atoms with van der Waals surface area (Å²) in [6.45, 7) is 19.7. The number of carbonyl (C=O) groups excluding carboxylic acids is 2. The molecule has 0 spiro atoms. The summed E-state index contributed by atoms with van der Waals surface area (Å²) in [5.74, 6) is 0.681. The van der Waals surface area contributed by atoms with E-state index in [1.807, 2.05) is 0 Å². The number of rotatable bonds is 6. The van der Waals surface area contributed by atoms with Gasteiger partial charge in [-0.1, -0.05) is 27.0 Å². The molecule has 164 valence electrons. The van der Waals surface area contributed by atoms with E-state index in [0.29, 0.717) is 23.0 Å². The van der Waals surface area contributed by atoms with E-state index in [9.17, 15) is 9.59 Å². The number of esters is 2. The van der Waals surface area contributed by atoms with Crippen LogP contribution in [0.4, 0.5) is 0 Å². The SMILES string of the molecule is C=C(C)C(=O)OC1(C)CCC(C(C)(C)C2CCC(C)(OC(=O)C(=C)C)CC2)CC1. The van der Waals surface area contributed by atoms with E-state index in [0.717, 1.165) is 51.4 Å². The lowest BCUT2D eigenvalue weighted by molar-refractivity contribution is -0.160. The monoisotopic (exact) mass is 404 g/mol. The number of carbonyl (C=O) groups is 2. The smallest absolute Gasteiger partial charge is 0.333 e. The van der Waals surface area contributed by atoms with Crippen LogP contribution in [-0.2, 0) is 19.1 Å². The summed E-state index contributed by atoms with van der Waals surface area (Å²) < 4.78 is 11.5. The predicted molar refractivity (Wildman–Crippen MR) is 116 cm³/mol. The highest BCUT2D eigenvalue weighted by atomic mass is 16.6. The van der Waals surface area contributed by atoms with Crippen molar-refractivity contribution >= 4 is 11.9 Å². The highest BCUT2D eigenvalue weighted by Gasteiger charge is 2.46. The molecule has 0 aromatic rings. The molecule has 0 aliphatic heterocycles. The lowest BCUT2D eigenvalue weighted by atomic mass is 9.58. The summed E-state index contributed by atoms with van der Waals surface area (Å²) in [6, 6.07) is 0. The molecule has 0 atom stereocenters. The third-order valence-corrected chi connectivity index (χ3v) is 7.57. The fourth-order valence-electron chi connectivity index (χ4n) is 5.10. The summed E-state index contributed by atoms with van der Waals surface area (Å²) in [7, 11) is 0. The van der Waals surface area contributed by atoms with Crippen LogP contribution in [0, 0.1) is 17.3 Å². The molecule has 2 rings (SSSR count). The molecule has 4 heteroatoms. The van der Waals surface area contributed by atoms with Crippen molar-refractivity contribution in [2.45, 2.75) is 104 Å². The topological polar surface area (TPSA) is 52.6 Å². The van der Waals surface area contributed by atoms with Gasteiger partial charge in [-0.3, -0.25) is 0 Å². The quantitative estimate of drug-likeness (QED) is 0.393. The van der Waals surface area contributed by atoms with Crippen molar-refractivity contribution in [2.75, 3.05) is 0 Å². The fourth-order valence-corrected chi connectivity index (χ4v) is 5.10. The van der Waals surface area contributed by atoms with Crippen LogP contribution in [0.2, 0.25) is 0 Å². The third kappa shape index (κ3) is 5.73. The van der Waals surface area contributed by atoms with Gasteiger partial charge < -0.3 is 9.47 Å². The van der Waals surface area contributed by atoms with Gasteiger partial charge >= 0.3 is 11.9 Å². The predicted octanol–water partition coefficient (Wildman–Crippen LogP) is 6.15. The Kier molecular flexibility index (Phi) is 7.07. The largest absolute Gasteiger partial charge is 0.456 e. The van der Waals surface area contributed by atoms with Crippen molar-refractivity contribution in [3.8, 4) is 0 Å². The molecule has 0 saturated heterocycles. The molecule has 0 amide bonds. The van der Waals surface area contributed by atoms with Gasteiger partial charge in [-0.05, 0) is 96.3 Å². The molecule has 0 heterocycles. The lowest BCUT2D eigenvalue weighted by Gasteiger charge is -2.49. The maximum atomic E-state index is 12.0. The van der Waals surface area contributed by atoms with Crippen LogP contribution >= 0.6 is 0 Å². The second-order valence-corrected chi connectivity index (χ2v) is 10.6. The summed E-state index contributed by atoms with van der Waals surface area (Å²) >= 11 is 0. The molecule has 0 bridgehead atoms. The van der Waals surface area contributed by atoms with Crippen molar-refractivity contribution in [1.82, 2.24) is 0 Å². The number of hydrogen-bond acceptors (Lipinski definition) is 4. The van der Waals surface area contributed by atoms with Crippen LogP contribution in [0.15, 0.2) is 24.3 Å². The molecule has 29 heavy (non-hydrogen) atoms. The van der Waals surface area contributed by atoms with Crippen molar-refractivity contribution < 1.29 is 19.1 Å². The minimum Gasteiger partial charge on any atom is -0.456 e. The Hall–Kier alpha value is -1.58. The van der Waals surface area contributed by atoms with E-state index in [4.69, 9.17) is 9.47 Å². The maximum absolute atomic E-state index is 12.0. The molecule has 0 N–H and O–H groups in total. The zero-order valence-corrected chi connectivity index (χ0v) is 19.4. The Morgan fingerprint density at radius 1 is 0.759 bits per heavy atom. The first-order valence-corrected chi connectivity index (χ1v) is 11.1. The maximum Gasteiger partial charge on any atom is 0.333 e. The highest BCUT2D eigenvalue weighted by Crippen LogP contribution is 2.51. The lowest BCUT2D eigenvalue weighted by Crippen LogP contribution is -2.44. The zero-order chi connectivity index (χ0) is 22.0. The van der Waals surface area contributed by atoms with Gasteiger partial charge in [0, 0.05) is 11.1 Å². The minimum absolute atomic E-state index is 0.222. The molecular weight excluding hydrogens is 364 g/mol. The van der Waals surface area contributed by atoms with E-state index >= 15 is 0 Å². The van der Waals surface area contributed by atoms with Gasteiger partial charge in [0.25, 0.3) is 0 Å². The fraction of sp³-hybridized carbons (Fsp3) is 0.760. The van der Waals surface area contributed by atoms with Crippen LogP contribution in [0.3, 0.4) is 0 Å². The van der Waals surface area contributed by atoms with Gasteiger partial charge in [0.15, 0.2) is 0 Å². The van der Waals surface area contributed by atoms with Crippen LogP contribution in [0.25, 0.3) is 0 Å². The minimum atomic E-state index is -0.371. The molecule has 2 saturated carbocycles. The molecule has 0 unspecified atom stereocenters. The Bertz CT molecular complexity index is 600. The Balaban J connectivity index is 1.92. The van der Waals surface area contributed by atoms with E-state index in [1.54, 1.807) is 13.8 Å². The molecular formula is C25H40O4. The van der Waals surface area contributed by atoms with Crippen molar-refractivity contribution in [2.24, 2.45) is 17.3 Å². The standard InChI is InChI=1S/C25H40O4/c1-17(2)21(26)28-24(7)13-9-19(10-14-24)23(5,6)20-11-15-25(8,16-12-20)29-22(27)18(3)4/h19-20H,1,3,9-16H2,2,4-8H3. The molecule has 0 aromatic carbocycles. The number of ether oxygens (including phenoxy) is 2. The van der Waals surface area contributed by atoms with Gasteiger partial charge in [-0.15, -0.1) is 0 Å². The van der Waals surface area contributed by atoms with E-state index in [1.165, 1.54) is 0 Å². The summed E-state index contributed by atoms with van der Waals surface area (Å²) in [6.07, 6.45) is 7.91. The summed E-state index contributed by atoms with van der Waals surface area (Å²) in [4.78, 5) is 23.9. The second kappa shape index (κ2) is 8.65. The molecule has 4 nitrogen and oxygen atoms in total. The van der Waals surface area contributed by atoms with E-state index in [2.05, 4.69) is 40.9 Å². The van der Waals surface area contributed by atoms with Gasteiger partial charge in [-0.25, -0.2) is 9.59 Å². The van der Waals surface area contributed by atoms with Crippen molar-refractivity contribution in [1.29, 1.82) is 0 Å². The Morgan fingerprint density at radius 2 is 1.03 bits per heavy atom. The Morgan fingerprint density at radius 3 is 1.28 bits per heavy atom. The van der Waals surface area contributed by atoms with Gasteiger partial charge in [-0.2, -0.15) is 0 Å². The van der Waals surface area contributed by atoms with Crippen LogP contribution in [0.5, 0.6) is 0 Å². The average molecular weight is 405 g/mol. The Labute approximate surface area is 177 Å². The first-order chi connectivity index (χ1) is 13.3. The molecule has 2 aliphatic carbocycles. The first kappa shape index (κ1) is 23.7. The van der Waals surface area contributed by atoms with Crippen molar-refractivity contribution in [3.63, 3.8) is 0 Å². The number of hydrogen-bond donors (Lipinski definition) is 0. The zero-order valence-electron chi connectivity index (χ0n) is 19.4. The van der Waals surface area contributed by atoms with Crippen LogP contribution < -0.4 is 0 Å². The summed E-state index contributed by atoms with van der Waals surface area (Å²) in [5.41, 5.74) is 0.409. The van der Waals surface area contributed by atoms with Crippen molar-refractivity contribution in [3.05, 3.63) is 24.3 Å². The summed E-state index contributed by atoms with van der Waals surface area (Å²) in [5, 5.41) is 0. The average Bonchev–Trinajstić information content (AvgIpc) is 2.61. The highest BCUT2D eigenvalue weighted by molar-refractivity contribution is 5.87.